The Hall–Kier alpha value is -2.20. The summed E-state index contributed by atoms with van der Waals surface area (Å²) in [5, 5.41) is 9.72. The third-order valence-electron chi connectivity index (χ3n) is 4.73. The second-order valence-corrected chi connectivity index (χ2v) is 6.93. The van der Waals surface area contributed by atoms with E-state index < -0.39 is 5.60 Å². The highest BCUT2D eigenvalue weighted by molar-refractivity contribution is 5.77. The molecule has 126 valence electrons. The summed E-state index contributed by atoms with van der Waals surface area (Å²) < 4.78 is 17.7. The number of phenols is 1. The van der Waals surface area contributed by atoms with Gasteiger partial charge in [-0.3, -0.25) is 0 Å². The van der Waals surface area contributed by atoms with Gasteiger partial charge in [0.2, 0.25) is 0 Å². The van der Waals surface area contributed by atoms with Crippen LogP contribution in [0.4, 0.5) is 0 Å². The van der Waals surface area contributed by atoms with Crippen molar-refractivity contribution in [3.05, 3.63) is 42.0 Å². The fourth-order valence-corrected chi connectivity index (χ4v) is 3.46. The van der Waals surface area contributed by atoms with Gasteiger partial charge >= 0.3 is 0 Å². The van der Waals surface area contributed by atoms with Crippen LogP contribution in [0.15, 0.2) is 36.4 Å². The lowest BCUT2D eigenvalue weighted by molar-refractivity contribution is 0.0253. The molecular formula is C20H22O4. The molecule has 1 N–H and O–H groups in total. The molecule has 4 heteroatoms. The van der Waals surface area contributed by atoms with E-state index in [0.717, 1.165) is 48.5 Å². The van der Waals surface area contributed by atoms with Crippen LogP contribution in [0.2, 0.25) is 0 Å². The van der Waals surface area contributed by atoms with E-state index in [1.807, 2.05) is 26.0 Å². The first kappa shape index (κ1) is 15.3. The maximum Gasteiger partial charge on any atom is 0.132 e. The smallest absolute Gasteiger partial charge is 0.132 e. The predicted octanol–water partition coefficient (Wildman–Crippen LogP) is 4.24. The van der Waals surface area contributed by atoms with Crippen LogP contribution in [-0.2, 0) is 10.3 Å². The largest absolute Gasteiger partial charge is 0.508 e. The number of hydrogen-bond acceptors (Lipinski definition) is 4. The molecule has 0 atom stereocenters. The van der Waals surface area contributed by atoms with E-state index in [1.165, 1.54) is 0 Å². The summed E-state index contributed by atoms with van der Waals surface area (Å²) in [4.78, 5) is 0. The highest BCUT2D eigenvalue weighted by atomic mass is 16.5. The van der Waals surface area contributed by atoms with Crippen molar-refractivity contribution in [3.8, 4) is 28.4 Å². The first-order valence-electron chi connectivity index (χ1n) is 8.44. The van der Waals surface area contributed by atoms with E-state index in [-0.39, 0.29) is 11.9 Å². The van der Waals surface area contributed by atoms with Gasteiger partial charge < -0.3 is 19.3 Å². The van der Waals surface area contributed by atoms with Gasteiger partial charge in [0.25, 0.3) is 0 Å². The van der Waals surface area contributed by atoms with Gasteiger partial charge in [-0.15, -0.1) is 0 Å². The average Bonchev–Trinajstić information content (AvgIpc) is 2.55. The standard InChI is InChI=1S/C20H22O4/c1-20(2)18-12-15(23-14-7-9-22-10-8-14)4-6-16(18)17-5-3-13(21)11-19(17)24-20/h3-6,11-12,14,21H,7-10H2,1-2H3. The minimum absolute atomic E-state index is 0.215. The van der Waals surface area contributed by atoms with E-state index in [9.17, 15) is 5.11 Å². The lowest BCUT2D eigenvalue weighted by Gasteiger charge is -2.35. The van der Waals surface area contributed by atoms with Crippen molar-refractivity contribution < 1.29 is 19.3 Å². The summed E-state index contributed by atoms with van der Waals surface area (Å²) in [7, 11) is 0. The lowest BCUT2D eigenvalue weighted by Crippen LogP contribution is -2.30. The zero-order chi connectivity index (χ0) is 16.7. The predicted molar refractivity (Wildman–Crippen MR) is 91.7 cm³/mol. The van der Waals surface area contributed by atoms with Crippen LogP contribution >= 0.6 is 0 Å². The summed E-state index contributed by atoms with van der Waals surface area (Å²) in [6.07, 6.45) is 2.08. The van der Waals surface area contributed by atoms with Gasteiger partial charge in [-0.1, -0.05) is 6.07 Å². The molecule has 0 spiro atoms. The first-order chi connectivity index (χ1) is 11.5. The molecule has 0 aliphatic carbocycles. The maximum absolute atomic E-state index is 9.72. The Balaban J connectivity index is 1.71. The number of ether oxygens (including phenoxy) is 3. The summed E-state index contributed by atoms with van der Waals surface area (Å²) >= 11 is 0. The highest BCUT2D eigenvalue weighted by Crippen LogP contribution is 2.47. The molecule has 0 aromatic heterocycles. The van der Waals surface area contributed by atoms with Crippen LogP contribution in [-0.4, -0.2) is 24.4 Å². The van der Waals surface area contributed by atoms with Gasteiger partial charge in [0, 0.05) is 30.0 Å². The van der Waals surface area contributed by atoms with Crippen LogP contribution in [0.1, 0.15) is 32.3 Å². The van der Waals surface area contributed by atoms with Crippen LogP contribution < -0.4 is 9.47 Å². The van der Waals surface area contributed by atoms with Crippen molar-refractivity contribution in [2.24, 2.45) is 0 Å². The SMILES string of the molecule is CC1(C)Oc2cc(O)ccc2-c2ccc(OC3CCOCC3)cc21. The molecule has 2 aromatic rings. The average molecular weight is 326 g/mol. The second kappa shape index (κ2) is 5.71. The van der Waals surface area contributed by atoms with Gasteiger partial charge in [0.15, 0.2) is 0 Å². The Morgan fingerprint density at radius 3 is 2.58 bits per heavy atom. The number of phenolic OH excluding ortho intramolecular Hbond substituents is 1. The molecule has 0 saturated carbocycles. The van der Waals surface area contributed by atoms with E-state index in [4.69, 9.17) is 14.2 Å². The molecule has 4 nitrogen and oxygen atoms in total. The summed E-state index contributed by atoms with van der Waals surface area (Å²) in [5.41, 5.74) is 2.75. The number of benzene rings is 2. The lowest BCUT2D eigenvalue weighted by atomic mass is 9.86. The van der Waals surface area contributed by atoms with Crippen molar-refractivity contribution >= 4 is 0 Å². The Morgan fingerprint density at radius 1 is 1.04 bits per heavy atom. The van der Waals surface area contributed by atoms with Crippen LogP contribution in [0.5, 0.6) is 17.2 Å². The van der Waals surface area contributed by atoms with Crippen LogP contribution in [0.25, 0.3) is 11.1 Å². The molecular weight excluding hydrogens is 304 g/mol. The van der Waals surface area contributed by atoms with E-state index >= 15 is 0 Å². The van der Waals surface area contributed by atoms with Gasteiger partial charge in [-0.05, 0) is 43.7 Å². The molecule has 0 radical (unpaired) electrons. The van der Waals surface area contributed by atoms with Gasteiger partial charge in [-0.25, -0.2) is 0 Å². The molecule has 1 saturated heterocycles. The molecule has 0 amide bonds. The van der Waals surface area contributed by atoms with Gasteiger partial charge in [-0.2, -0.15) is 0 Å². The number of rotatable bonds is 2. The van der Waals surface area contributed by atoms with Gasteiger partial charge in [0.05, 0.1) is 13.2 Å². The minimum Gasteiger partial charge on any atom is -0.508 e. The molecule has 2 aromatic carbocycles. The third kappa shape index (κ3) is 2.71. The summed E-state index contributed by atoms with van der Waals surface area (Å²) in [6, 6.07) is 11.5. The quantitative estimate of drug-likeness (QED) is 0.896. The van der Waals surface area contributed by atoms with Crippen molar-refractivity contribution in [2.45, 2.75) is 38.4 Å². The Kier molecular flexibility index (Phi) is 3.65. The molecule has 1 fully saturated rings. The molecule has 0 bridgehead atoms. The van der Waals surface area contributed by atoms with Crippen LogP contribution in [0, 0.1) is 0 Å². The van der Waals surface area contributed by atoms with Gasteiger partial charge in [0.1, 0.15) is 29.0 Å². The van der Waals surface area contributed by atoms with Crippen molar-refractivity contribution in [1.29, 1.82) is 0 Å². The third-order valence-corrected chi connectivity index (χ3v) is 4.73. The minimum atomic E-state index is -0.481. The molecule has 0 unspecified atom stereocenters. The second-order valence-electron chi connectivity index (χ2n) is 6.93. The fourth-order valence-electron chi connectivity index (χ4n) is 3.46. The normalized spacial score (nSPS) is 19.1. The molecule has 2 aliphatic rings. The van der Waals surface area contributed by atoms with Crippen LogP contribution in [0.3, 0.4) is 0 Å². The molecule has 4 rings (SSSR count). The summed E-state index contributed by atoms with van der Waals surface area (Å²) in [5.74, 6) is 1.80. The van der Waals surface area contributed by atoms with E-state index in [0.29, 0.717) is 5.75 Å². The maximum atomic E-state index is 9.72. The van der Waals surface area contributed by atoms with Crippen molar-refractivity contribution in [3.63, 3.8) is 0 Å². The number of aromatic hydroxyl groups is 1. The monoisotopic (exact) mass is 326 g/mol. The summed E-state index contributed by atoms with van der Waals surface area (Å²) in [6.45, 7) is 5.61. The topological polar surface area (TPSA) is 47.9 Å². The van der Waals surface area contributed by atoms with Crippen molar-refractivity contribution in [2.75, 3.05) is 13.2 Å². The molecule has 2 heterocycles. The highest BCUT2D eigenvalue weighted by Gasteiger charge is 2.33. The Morgan fingerprint density at radius 2 is 1.79 bits per heavy atom. The van der Waals surface area contributed by atoms with E-state index in [2.05, 4.69) is 12.1 Å². The Labute approximate surface area is 142 Å². The first-order valence-corrected chi connectivity index (χ1v) is 8.44. The zero-order valence-electron chi connectivity index (χ0n) is 14.0. The Bertz CT molecular complexity index is 760. The molecule has 2 aliphatic heterocycles. The zero-order valence-corrected chi connectivity index (χ0v) is 14.0. The number of hydrogen-bond donors (Lipinski definition) is 1. The van der Waals surface area contributed by atoms with Crippen molar-refractivity contribution in [1.82, 2.24) is 0 Å². The number of fused-ring (bicyclic) bond motifs is 3. The molecule has 24 heavy (non-hydrogen) atoms. The fraction of sp³-hybridized carbons (Fsp3) is 0.400. The van der Waals surface area contributed by atoms with E-state index in [1.54, 1.807) is 12.1 Å².